The van der Waals surface area contributed by atoms with Gasteiger partial charge in [-0.2, -0.15) is 0 Å². The van der Waals surface area contributed by atoms with Gasteiger partial charge in [0.25, 0.3) is 5.91 Å². The van der Waals surface area contributed by atoms with E-state index in [-0.39, 0.29) is 18.5 Å². The van der Waals surface area contributed by atoms with Crippen LogP contribution < -0.4 is 5.76 Å². The van der Waals surface area contributed by atoms with E-state index < -0.39 is 22.5 Å². The number of carbonyl (C=O) groups is 2. The van der Waals surface area contributed by atoms with Crippen LogP contribution in [0.15, 0.2) is 56.6 Å². The Morgan fingerprint density at radius 1 is 1.08 bits per heavy atom. The van der Waals surface area contributed by atoms with E-state index in [0.717, 1.165) is 38.9 Å². The summed E-state index contributed by atoms with van der Waals surface area (Å²) in [5.74, 6) is -1.23. The third kappa shape index (κ3) is 4.32. The van der Waals surface area contributed by atoms with Crippen molar-refractivity contribution < 1.29 is 27.8 Å². The van der Waals surface area contributed by atoms with Crippen LogP contribution in [0.2, 0.25) is 0 Å². The Bertz CT molecular complexity index is 1360. The summed E-state index contributed by atoms with van der Waals surface area (Å²) in [4.78, 5) is 39.7. The smallest absolute Gasteiger partial charge is 0.420 e. The fourth-order valence-corrected chi connectivity index (χ4v) is 6.76. The molecule has 2 aromatic carbocycles. The monoisotopic (exact) mass is 515 g/mol. The van der Waals surface area contributed by atoms with Gasteiger partial charge in [0.15, 0.2) is 5.58 Å². The molecule has 1 saturated heterocycles. The number of ether oxygens (including phenoxy) is 1. The molecule has 0 atom stereocenters. The van der Waals surface area contributed by atoms with Crippen LogP contribution in [0.1, 0.15) is 52.4 Å². The molecule has 1 fully saturated rings. The zero-order valence-corrected chi connectivity index (χ0v) is 20.8. The lowest BCUT2D eigenvalue weighted by atomic mass is 10.0. The number of aromatic nitrogens is 1. The molecule has 2 aliphatic heterocycles. The fraction of sp³-hybridized carbons (Fsp3) is 0.400. The zero-order chi connectivity index (χ0) is 25.4. The molecule has 36 heavy (non-hydrogen) atoms. The van der Waals surface area contributed by atoms with Crippen molar-refractivity contribution in [1.29, 1.82) is 0 Å². The third-order valence-electron chi connectivity index (χ3n) is 6.99. The van der Waals surface area contributed by atoms with Crippen molar-refractivity contribution in [1.82, 2.24) is 13.8 Å². The predicted octanol–water partition coefficient (Wildman–Crippen LogP) is 3.98. The number of hydrogen-bond donors (Lipinski definition) is 2. The highest BCUT2D eigenvalue weighted by Crippen LogP contribution is 2.58. The van der Waals surface area contributed by atoms with Crippen LogP contribution in [0.3, 0.4) is 0 Å². The number of methoxy groups -OCH3 is 1. The van der Waals surface area contributed by atoms with E-state index in [1.807, 2.05) is 0 Å². The van der Waals surface area contributed by atoms with Crippen molar-refractivity contribution in [2.45, 2.75) is 36.6 Å². The fourth-order valence-electron chi connectivity index (χ4n) is 5.10. The molecule has 11 heteroatoms. The lowest BCUT2D eigenvalue weighted by molar-refractivity contribution is 0.0600. The van der Waals surface area contributed by atoms with Crippen molar-refractivity contribution in [3.8, 4) is 0 Å². The zero-order valence-electron chi connectivity index (χ0n) is 20.0. The number of likely N-dealkylation sites (tertiary alicyclic amines) is 1. The maximum absolute atomic E-state index is 12.6. The molecule has 0 spiro atoms. The first-order valence-electron chi connectivity index (χ1n) is 12.0. The number of piperidine rings is 1. The maximum Gasteiger partial charge on any atom is 0.420 e. The van der Waals surface area contributed by atoms with Crippen LogP contribution in [-0.4, -0.2) is 68.0 Å². The van der Waals surface area contributed by atoms with E-state index >= 15 is 0 Å². The molecule has 1 aromatic heterocycles. The van der Waals surface area contributed by atoms with Crippen LogP contribution in [-0.2, 0) is 4.74 Å². The number of carbonyl (C=O) groups excluding carboxylic acids is 2. The summed E-state index contributed by atoms with van der Waals surface area (Å²) in [7, 11) is -1.95. The SMILES string of the molecule is COC(=O)c1ccc2oc(=O)n(C3CCN(CCCCN4C(=O)c5ccccc5S4(O)O)CC3)c2c1. The summed E-state index contributed by atoms with van der Waals surface area (Å²) >= 11 is 0. The highest BCUT2D eigenvalue weighted by atomic mass is 32.3. The van der Waals surface area contributed by atoms with Gasteiger partial charge in [-0.25, -0.2) is 13.9 Å². The second-order valence-electron chi connectivity index (χ2n) is 9.11. The van der Waals surface area contributed by atoms with Gasteiger partial charge in [-0.3, -0.25) is 18.5 Å². The molecule has 3 heterocycles. The minimum atomic E-state index is -3.27. The van der Waals surface area contributed by atoms with Crippen LogP contribution in [0, 0.1) is 0 Å². The number of oxazole rings is 1. The summed E-state index contributed by atoms with van der Waals surface area (Å²) in [6.45, 7) is 2.69. The standard InChI is InChI=1S/C25H29N3O7S/c1-34-24(30)17-8-9-21-20(16-17)28(25(31)35-21)18-10-14-26(15-11-18)12-4-5-13-27-23(29)19-6-2-3-7-22(19)36(27,32)33/h2-3,6-9,16,18,32-33H,4-5,10-15H2,1H3. The molecular formula is C25H29N3O7S. The first kappa shape index (κ1) is 24.6. The van der Waals surface area contributed by atoms with Gasteiger partial charge in [0.2, 0.25) is 0 Å². The van der Waals surface area contributed by atoms with Gasteiger partial charge in [0.05, 0.1) is 28.6 Å². The summed E-state index contributed by atoms with van der Waals surface area (Å²) in [5.41, 5.74) is 1.77. The predicted molar refractivity (Wildman–Crippen MR) is 134 cm³/mol. The highest BCUT2D eigenvalue weighted by molar-refractivity contribution is 8.23. The highest BCUT2D eigenvalue weighted by Gasteiger charge is 2.40. The summed E-state index contributed by atoms with van der Waals surface area (Å²) in [5, 5.41) is 0. The van der Waals surface area contributed by atoms with E-state index in [1.54, 1.807) is 47.0 Å². The number of hydrogen-bond acceptors (Lipinski definition) is 8. The molecular weight excluding hydrogens is 486 g/mol. The number of amides is 1. The van der Waals surface area contributed by atoms with Crippen LogP contribution in [0.4, 0.5) is 0 Å². The number of rotatable bonds is 7. The molecule has 0 bridgehead atoms. The molecule has 3 aromatic rings. The van der Waals surface area contributed by atoms with Gasteiger partial charge < -0.3 is 14.1 Å². The van der Waals surface area contributed by atoms with E-state index in [1.165, 1.54) is 11.4 Å². The minimum Gasteiger partial charge on any atom is -0.465 e. The van der Waals surface area contributed by atoms with Crippen molar-refractivity contribution in [2.75, 3.05) is 33.3 Å². The lowest BCUT2D eigenvalue weighted by Gasteiger charge is -2.37. The molecule has 5 rings (SSSR count). The van der Waals surface area contributed by atoms with Gasteiger partial charge >= 0.3 is 11.7 Å². The third-order valence-corrected chi connectivity index (χ3v) is 8.90. The summed E-state index contributed by atoms with van der Waals surface area (Å²) in [6, 6.07) is 11.4. The Labute approximate surface area is 209 Å². The first-order chi connectivity index (χ1) is 17.3. The molecule has 1 amide bonds. The van der Waals surface area contributed by atoms with Crippen molar-refractivity contribution >= 4 is 33.8 Å². The van der Waals surface area contributed by atoms with Gasteiger partial charge in [-0.1, -0.05) is 22.9 Å². The summed E-state index contributed by atoms with van der Waals surface area (Å²) < 4.78 is 34.2. The van der Waals surface area contributed by atoms with E-state index in [0.29, 0.717) is 33.5 Å². The number of nitrogens with zero attached hydrogens (tertiary/aromatic N) is 3. The van der Waals surface area contributed by atoms with Gasteiger partial charge in [0, 0.05) is 25.7 Å². The normalized spacial score (nSPS) is 19.0. The van der Waals surface area contributed by atoms with Crippen LogP contribution in [0.25, 0.3) is 11.1 Å². The average molecular weight is 516 g/mol. The number of benzene rings is 2. The van der Waals surface area contributed by atoms with Crippen LogP contribution >= 0.6 is 10.8 Å². The maximum atomic E-state index is 12.6. The van der Waals surface area contributed by atoms with Crippen molar-refractivity contribution in [2.24, 2.45) is 0 Å². The summed E-state index contributed by atoms with van der Waals surface area (Å²) in [6.07, 6.45) is 2.98. The second-order valence-corrected chi connectivity index (χ2v) is 11.0. The van der Waals surface area contributed by atoms with Gasteiger partial charge in [0.1, 0.15) is 0 Å². The number of esters is 1. The van der Waals surface area contributed by atoms with Crippen molar-refractivity contribution in [3.63, 3.8) is 0 Å². The number of unbranched alkanes of at least 4 members (excludes halogenated alkanes) is 1. The second kappa shape index (κ2) is 9.74. The minimum absolute atomic E-state index is 0.0309. The Kier molecular flexibility index (Phi) is 6.64. The van der Waals surface area contributed by atoms with Gasteiger partial charge in [-0.05, 0) is 62.6 Å². The Hall–Kier alpha value is -3.12. The number of fused-ring (bicyclic) bond motifs is 2. The van der Waals surface area contributed by atoms with Gasteiger partial charge in [-0.15, -0.1) is 0 Å². The Morgan fingerprint density at radius 2 is 1.81 bits per heavy atom. The molecule has 0 saturated carbocycles. The molecule has 0 aliphatic carbocycles. The Morgan fingerprint density at radius 3 is 2.53 bits per heavy atom. The molecule has 10 nitrogen and oxygen atoms in total. The quantitative estimate of drug-likeness (QED) is 0.358. The largest absolute Gasteiger partial charge is 0.465 e. The molecule has 2 aliphatic rings. The molecule has 192 valence electrons. The molecule has 2 N–H and O–H groups in total. The topological polar surface area (TPSA) is 125 Å². The van der Waals surface area contributed by atoms with Crippen molar-refractivity contribution in [3.05, 3.63) is 64.1 Å². The van der Waals surface area contributed by atoms with E-state index in [9.17, 15) is 23.5 Å². The van der Waals surface area contributed by atoms with E-state index in [2.05, 4.69) is 4.90 Å². The first-order valence-corrected chi connectivity index (χ1v) is 13.5. The average Bonchev–Trinajstić information content (AvgIpc) is 3.31. The van der Waals surface area contributed by atoms with E-state index in [4.69, 9.17) is 9.15 Å². The Balaban J connectivity index is 1.15. The molecule has 0 radical (unpaired) electrons. The lowest BCUT2D eigenvalue weighted by Crippen LogP contribution is -2.37. The molecule has 0 unspecified atom stereocenters. The van der Waals surface area contributed by atoms with Crippen LogP contribution in [0.5, 0.6) is 0 Å².